The number of likely N-dealkylation sites (tertiary alicyclic amines) is 1. The molecule has 1 aromatic rings. The number of thiophene rings is 1. The van der Waals surface area contributed by atoms with Crippen LogP contribution in [0.2, 0.25) is 0 Å². The van der Waals surface area contributed by atoms with Crippen molar-refractivity contribution in [2.24, 2.45) is 5.92 Å². The van der Waals surface area contributed by atoms with Crippen LogP contribution in [0.1, 0.15) is 58.6 Å². The quantitative estimate of drug-likeness (QED) is 0.705. The zero-order valence-electron chi connectivity index (χ0n) is 15.1. The lowest BCUT2D eigenvalue weighted by Gasteiger charge is -2.33. The summed E-state index contributed by atoms with van der Waals surface area (Å²) in [7, 11) is 0. The lowest BCUT2D eigenvalue weighted by molar-refractivity contribution is -0.188. The standard InChI is InChI=1S/C19H24F3NO3S/c20-19(21,22)14-7-5-9-23(11-14)17(24)12-26-18(25)16-10-13-6-3-1-2-4-8-15(13)27-16/h10,14H,1-9,11-12H2/t14-/m0/s1. The fraction of sp³-hybridized carbons (Fsp3) is 0.684. The summed E-state index contributed by atoms with van der Waals surface area (Å²) in [6.07, 6.45) is 2.54. The molecule has 0 unspecified atom stereocenters. The number of nitrogens with zero attached hydrogens (tertiary/aromatic N) is 1. The van der Waals surface area contributed by atoms with Gasteiger partial charge in [-0.25, -0.2) is 4.79 Å². The SMILES string of the molecule is O=C(OCC(=O)N1CCC[C@H](C(F)(F)F)C1)c1cc2c(s1)CCCCCC2. The van der Waals surface area contributed by atoms with Gasteiger partial charge in [0, 0.05) is 18.0 Å². The normalized spacial score (nSPS) is 21.1. The van der Waals surface area contributed by atoms with E-state index in [-0.39, 0.29) is 19.5 Å². The second-order valence-corrected chi connectivity index (χ2v) is 8.41. The van der Waals surface area contributed by atoms with Crippen molar-refractivity contribution in [2.75, 3.05) is 19.7 Å². The molecule has 2 heterocycles. The van der Waals surface area contributed by atoms with Gasteiger partial charge in [-0.05, 0) is 50.2 Å². The molecule has 0 bridgehead atoms. The third-order valence-electron chi connectivity index (χ3n) is 5.26. The van der Waals surface area contributed by atoms with E-state index in [4.69, 9.17) is 4.74 Å². The van der Waals surface area contributed by atoms with Crippen LogP contribution in [0.5, 0.6) is 0 Å². The molecule has 0 spiro atoms. The number of carbonyl (C=O) groups is 2. The first-order chi connectivity index (χ1) is 12.8. The highest BCUT2D eigenvalue weighted by Crippen LogP contribution is 2.33. The summed E-state index contributed by atoms with van der Waals surface area (Å²) in [5.74, 6) is -2.63. The molecule has 3 rings (SSSR count). The average molecular weight is 403 g/mol. The topological polar surface area (TPSA) is 46.6 Å². The second kappa shape index (κ2) is 8.63. The Morgan fingerprint density at radius 3 is 2.63 bits per heavy atom. The van der Waals surface area contributed by atoms with Crippen molar-refractivity contribution < 1.29 is 27.5 Å². The number of carbonyl (C=O) groups excluding carboxylic acids is 2. The molecule has 0 saturated carbocycles. The summed E-state index contributed by atoms with van der Waals surface area (Å²) in [5.41, 5.74) is 1.18. The minimum atomic E-state index is -4.30. The molecular formula is C19H24F3NO3S. The molecular weight excluding hydrogens is 379 g/mol. The molecule has 1 atom stereocenters. The van der Waals surface area contributed by atoms with Gasteiger partial charge in [0.2, 0.25) is 0 Å². The van der Waals surface area contributed by atoms with Crippen molar-refractivity contribution in [3.05, 3.63) is 21.4 Å². The monoisotopic (exact) mass is 403 g/mol. The maximum absolute atomic E-state index is 12.9. The van der Waals surface area contributed by atoms with Crippen molar-refractivity contribution in [2.45, 2.75) is 57.5 Å². The molecule has 1 saturated heterocycles. The van der Waals surface area contributed by atoms with Crippen LogP contribution >= 0.6 is 11.3 Å². The number of halogens is 3. The Labute approximate surface area is 160 Å². The van der Waals surface area contributed by atoms with Gasteiger partial charge >= 0.3 is 12.1 Å². The zero-order chi connectivity index (χ0) is 19.4. The van der Waals surface area contributed by atoms with Crippen molar-refractivity contribution in [1.82, 2.24) is 4.90 Å². The van der Waals surface area contributed by atoms with Crippen molar-refractivity contribution in [1.29, 1.82) is 0 Å². The van der Waals surface area contributed by atoms with E-state index in [1.165, 1.54) is 34.6 Å². The highest BCUT2D eigenvalue weighted by molar-refractivity contribution is 7.14. The lowest BCUT2D eigenvalue weighted by Crippen LogP contribution is -2.46. The Hall–Kier alpha value is -1.57. The molecule has 0 aromatic carbocycles. The van der Waals surface area contributed by atoms with E-state index in [1.807, 2.05) is 6.07 Å². The van der Waals surface area contributed by atoms with E-state index in [1.54, 1.807) is 0 Å². The van der Waals surface area contributed by atoms with Gasteiger partial charge in [-0.2, -0.15) is 13.2 Å². The van der Waals surface area contributed by atoms with Gasteiger partial charge < -0.3 is 9.64 Å². The summed E-state index contributed by atoms with van der Waals surface area (Å²) in [6, 6.07) is 1.85. The molecule has 4 nitrogen and oxygen atoms in total. The molecule has 1 aliphatic carbocycles. The van der Waals surface area contributed by atoms with Gasteiger partial charge in [0.15, 0.2) is 6.61 Å². The molecule has 1 aliphatic heterocycles. The van der Waals surface area contributed by atoms with Gasteiger partial charge in [-0.15, -0.1) is 11.3 Å². The summed E-state index contributed by atoms with van der Waals surface area (Å²) < 4.78 is 43.7. The summed E-state index contributed by atoms with van der Waals surface area (Å²) in [6.45, 7) is -0.588. The molecule has 0 N–H and O–H groups in total. The van der Waals surface area contributed by atoms with E-state index in [2.05, 4.69) is 0 Å². The summed E-state index contributed by atoms with van der Waals surface area (Å²) in [4.78, 5) is 27.3. The van der Waals surface area contributed by atoms with Gasteiger partial charge in [0.05, 0.1) is 5.92 Å². The highest BCUT2D eigenvalue weighted by Gasteiger charge is 2.42. The third-order valence-corrected chi connectivity index (χ3v) is 6.48. The molecule has 0 radical (unpaired) electrons. The average Bonchev–Trinajstić information content (AvgIpc) is 3.01. The number of amides is 1. The number of aryl methyl sites for hydroxylation is 2. The van der Waals surface area contributed by atoms with E-state index >= 15 is 0 Å². The Morgan fingerprint density at radius 2 is 1.89 bits per heavy atom. The van der Waals surface area contributed by atoms with Crippen molar-refractivity contribution in [3.63, 3.8) is 0 Å². The molecule has 150 valence electrons. The number of hydrogen-bond acceptors (Lipinski definition) is 4. The van der Waals surface area contributed by atoms with Crippen LogP contribution < -0.4 is 0 Å². The Morgan fingerprint density at radius 1 is 1.15 bits per heavy atom. The Kier molecular flexibility index (Phi) is 6.44. The summed E-state index contributed by atoms with van der Waals surface area (Å²) in [5, 5.41) is 0. The third kappa shape index (κ3) is 5.24. The largest absolute Gasteiger partial charge is 0.451 e. The van der Waals surface area contributed by atoms with E-state index in [9.17, 15) is 22.8 Å². The first kappa shape index (κ1) is 20.2. The number of ether oxygens (including phenoxy) is 1. The molecule has 1 fully saturated rings. The molecule has 27 heavy (non-hydrogen) atoms. The van der Waals surface area contributed by atoms with Gasteiger partial charge in [-0.1, -0.05) is 12.8 Å². The van der Waals surface area contributed by atoms with E-state index in [0.717, 1.165) is 30.6 Å². The predicted molar refractivity (Wildman–Crippen MR) is 95.8 cm³/mol. The Balaban J connectivity index is 1.54. The minimum Gasteiger partial charge on any atom is -0.451 e. The van der Waals surface area contributed by atoms with Crippen LogP contribution in [0.3, 0.4) is 0 Å². The van der Waals surface area contributed by atoms with Crippen LogP contribution in [0.4, 0.5) is 13.2 Å². The predicted octanol–water partition coefficient (Wildman–Crippen LogP) is 4.36. The molecule has 1 amide bonds. The number of rotatable bonds is 3. The van der Waals surface area contributed by atoms with E-state index < -0.39 is 30.6 Å². The number of esters is 1. The molecule has 8 heteroatoms. The first-order valence-electron chi connectivity index (χ1n) is 9.48. The number of piperidine rings is 1. The van der Waals surface area contributed by atoms with Crippen molar-refractivity contribution in [3.8, 4) is 0 Å². The van der Waals surface area contributed by atoms with Crippen LogP contribution in [0.25, 0.3) is 0 Å². The number of alkyl halides is 3. The summed E-state index contributed by atoms with van der Waals surface area (Å²) >= 11 is 1.41. The fourth-order valence-corrected chi connectivity index (χ4v) is 4.85. The molecule has 1 aromatic heterocycles. The maximum atomic E-state index is 12.9. The van der Waals surface area contributed by atoms with Gasteiger partial charge in [-0.3, -0.25) is 4.79 Å². The number of fused-ring (bicyclic) bond motifs is 1. The smallest absolute Gasteiger partial charge is 0.393 e. The van der Waals surface area contributed by atoms with Gasteiger partial charge in [0.25, 0.3) is 5.91 Å². The van der Waals surface area contributed by atoms with Crippen LogP contribution in [-0.4, -0.2) is 42.6 Å². The minimum absolute atomic E-state index is 0.0355. The fourth-order valence-electron chi connectivity index (χ4n) is 3.71. The van der Waals surface area contributed by atoms with Crippen LogP contribution in [0.15, 0.2) is 6.07 Å². The van der Waals surface area contributed by atoms with Crippen LogP contribution in [-0.2, 0) is 22.4 Å². The van der Waals surface area contributed by atoms with Gasteiger partial charge in [0.1, 0.15) is 4.88 Å². The zero-order valence-corrected chi connectivity index (χ0v) is 16.0. The maximum Gasteiger partial charge on any atom is 0.393 e. The van der Waals surface area contributed by atoms with Crippen molar-refractivity contribution >= 4 is 23.2 Å². The van der Waals surface area contributed by atoms with Crippen LogP contribution in [0, 0.1) is 5.92 Å². The number of hydrogen-bond donors (Lipinski definition) is 0. The highest BCUT2D eigenvalue weighted by atomic mass is 32.1. The molecule has 2 aliphatic rings. The lowest BCUT2D eigenvalue weighted by atomic mass is 9.97. The van der Waals surface area contributed by atoms with E-state index in [0.29, 0.717) is 11.3 Å². The first-order valence-corrected chi connectivity index (χ1v) is 10.3. The Bertz CT molecular complexity index is 661. The second-order valence-electron chi connectivity index (χ2n) is 7.27.